The van der Waals surface area contributed by atoms with Gasteiger partial charge in [0.1, 0.15) is 46.5 Å². The molecule has 0 aromatic heterocycles. The van der Waals surface area contributed by atoms with Crippen LogP contribution in [0, 0.1) is 52.3 Å². The zero-order chi connectivity index (χ0) is 39.7. The van der Waals surface area contributed by atoms with Crippen LogP contribution in [-0.4, -0.2) is 116 Å². The number of aliphatic hydroxyl groups excluding tert-OH is 5. The number of aliphatic hydroxyl groups is 6. The van der Waals surface area contributed by atoms with Gasteiger partial charge in [-0.1, -0.05) is 59.8 Å². The summed E-state index contributed by atoms with van der Waals surface area (Å²) >= 11 is 0. The van der Waals surface area contributed by atoms with Gasteiger partial charge >= 0.3 is 0 Å². The summed E-state index contributed by atoms with van der Waals surface area (Å²) in [6.07, 6.45) is 10.9. The predicted octanol–water partition coefficient (Wildman–Crippen LogP) is 2.87. The molecule has 3 aliphatic heterocycles. The Balaban J connectivity index is 1.09. The quantitative estimate of drug-likeness (QED) is 0.193. The molecule has 0 amide bonds. The third kappa shape index (κ3) is 6.59. The second-order valence-electron chi connectivity index (χ2n) is 19.6. The molecule has 318 valence electrons. The number of hydrogen-bond acceptors (Lipinski definition) is 13. The van der Waals surface area contributed by atoms with Crippen molar-refractivity contribution < 1.29 is 55.0 Å². The first-order valence-corrected chi connectivity index (χ1v) is 24.6. The number of carbonyl (C=O) groups excluding carboxylic acids is 2. The van der Waals surface area contributed by atoms with Gasteiger partial charge in [-0.15, -0.1) is 0 Å². The average Bonchev–Trinajstić information content (AvgIpc) is 3.72. The Morgan fingerprint density at radius 1 is 0.930 bits per heavy atom. The summed E-state index contributed by atoms with van der Waals surface area (Å²) in [5.41, 5.74) is -4.54. The van der Waals surface area contributed by atoms with Crippen molar-refractivity contribution in [1.29, 1.82) is 0 Å². The first kappa shape index (κ1) is 41.3. The molecular weight excluding hydrogens is 769 g/mol. The highest BCUT2D eigenvalue weighted by molar-refractivity contribution is 8.76. The van der Waals surface area contributed by atoms with E-state index in [1.165, 1.54) is 10.8 Å². The van der Waals surface area contributed by atoms with E-state index in [1.54, 1.807) is 16.9 Å². The van der Waals surface area contributed by atoms with Gasteiger partial charge in [0.2, 0.25) is 0 Å². The van der Waals surface area contributed by atoms with Crippen LogP contribution in [0.4, 0.5) is 0 Å². The van der Waals surface area contributed by atoms with Gasteiger partial charge in [-0.25, -0.2) is 0 Å². The lowest BCUT2D eigenvalue weighted by atomic mass is 9.50. The zero-order valence-corrected chi connectivity index (χ0v) is 34.8. The van der Waals surface area contributed by atoms with Gasteiger partial charge in [0.05, 0.1) is 37.0 Å². The van der Waals surface area contributed by atoms with E-state index in [4.69, 9.17) is 9.47 Å². The third-order valence-electron chi connectivity index (χ3n) is 16.9. The van der Waals surface area contributed by atoms with Crippen molar-refractivity contribution in [1.82, 2.24) is 5.32 Å². The van der Waals surface area contributed by atoms with Crippen LogP contribution < -0.4 is 10.6 Å². The van der Waals surface area contributed by atoms with Crippen molar-refractivity contribution in [2.75, 3.05) is 31.4 Å². The number of hydrogen-bond donors (Lipinski definition) is 8. The molecule has 14 heteroatoms. The number of ether oxygens (including phenoxy) is 2. The molecule has 15 unspecified atom stereocenters. The number of allylic oxidation sites excluding steroid dienone is 4. The Labute approximate surface area is 344 Å². The monoisotopic (exact) mass is 833 g/mol. The van der Waals surface area contributed by atoms with Gasteiger partial charge in [0, 0.05) is 31.1 Å². The highest BCUT2D eigenvalue weighted by Gasteiger charge is 2.72. The Morgan fingerprint density at radius 3 is 2.51 bits per heavy atom. The molecule has 12 nitrogen and oxygen atoms in total. The molecule has 9 N–H and O–H groups in total. The molecule has 3 saturated heterocycles. The van der Waals surface area contributed by atoms with Crippen molar-refractivity contribution in [2.24, 2.45) is 52.3 Å². The normalized spacial score (nSPS) is 48.7. The van der Waals surface area contributed by atoms with Gasteiger partial charge in [0.15, 0.2) is 12.1 Å². The SMILES string of the molecule is O=C1C2CCCC3OC4OC5(CO)CCC(C6(CCCC6)C6CC[NH2+]C(C6)NCSSCC6(C(=O)C32)C(O)=CC(CC2CCCC(CO)C2)=CC16)C(O)(C4O)C5O. The van der Waals surface area contributed by atoms with E-state index >= 15 is 4.79 Å². The number of carbonyl (C=O) groups is 2. The van der Waals surface area contributed by atoms with Crippen molar-refractivity contribution in [3.63, 3.8) is 0 Å². The fraction of sp³-hybridized carbons (Fsp3) is 0.860. The number of ketones is 2. The molecule has 6 aliphatic carbocycles. The minimum Gasteiger partial charge on any atom is -0.511 e. The molecule has 9 aliphatic rings. The van der Waals surface area contributed by atoms with E-state index in [2.05, 4.69) is 10.6 Å². The van der Waals surface area contributed by atoms with Crippen molar-refractivity contribution in [3.8, 4) is 0 Å². The highest BCUT2D eigenvalue weighted by Crippen LogP contribution is 2.63. The summed E-state index contributed by atoms with van der Waals surface area (Å²) in [7, 11) is 3.12. The van der Waals surface area contributed by atoms with Crippen molar-refractivity contribution in [2.45, 2.75) is 145 Å². The van der Waals surface area contributed by atoms with Crippen molar-refractivity contribution in [3.05, 3.63) is 23.5 Å². The number of nitrogens with one attached hydrogen (secondary N) is 1. The van der Waals surface area contributed by atoms with E-state index < -0.39 is 71.5 Å². The maximum atomic E-state index is 15.4. The number of Topliss-reactive ketones (excluding diaryl/α,β-unsaturated/α-hetero) is 2. The van der Waals surface area contributed by atoms with Gasteiger partial charge in [-0.2, -0.15) is 0 Å². The Hall–Kier alpha value is -1.04. The minimum absolute atomic E-state index is 0.0750. The van der Waals surface area contributed by atoms with Gasteiger partial charge in [-0.3, -0.25) is 14.9 Å². The summed E-state index contributed by atoms with van der Waals surface area (Å²) < 4.78 is 13.2. The molecule has 57 heavy (non-hydrogen) atoms. The number of nitrogens with two attached hydrogens (primary N) is 1. The van der Waals surface area contributed by atoms with Gasteiger partial charge < -0.3 is 45.4 Å². The second-order valence-corrected chi connectivity index (χ2v) is 22.0. The lowest BCUT2D eigenvalue weighted by molar-refractivity contribution is -0.706. The van der Waals surface area contributed by atoms with E-state index in [0.29, 0.717) is 43.9 Å². The van der Waals surface area contributed by atoms with Crippen LogP contribution in [0.25, 0.3) is 0 Å². The largest absolute Gasteiger partial charge is 0.511 e. The molecule has 2 spiro atoms. The zero-order valence-electron chi connectivity index (χ0n) is 33.1. The van der Waals surface area contributed by atoms with Gasteiger partial charge in [0.25, 0.3) is 0 Å². The summed E-state index contributed by atoms with van der Waals surface area (Å²) in [6.45, 7) is 0.500. The minimum atomic E-state index is -2.04. The first-order valence-electron chi connectivity index (χ1n) is 22.1. The standard InChI is InChI=1S/C43H64N2O10S2/c46-20-25-6-3-5-24(15-25)16-26-17-29-35(49)28-7-4-8-30-34(28)36(50)42(29,32(48)18-26)22-56-57-23-45-33-19-27(10-14-44-33)40(11-1-2-12-40)31-9-13-41(21-47)39(52)43(31,53)37(51)38(54-30)55-41/h17-18,24-25,27-31,33-34,37-39,44-48,51-53H,1-16,19-23H2/p+1. The molecular formula is C43H65N2O10S2+. The Kier molecular flexibility index (Phi) is 11.6. The molecule has 3 heterocycles. The molecule has 0 aromatic carbocycles. The lowest BCUT2D eigenvalue weighted by Gasteiger charge is -2.64. The molecule has 0 aromatic rings. The van der Waals surface area contributed by atoms with Crippen LogP contribution >= 0.6 is 21.6 Å². The van der Waals surface area contributed by atoms with Crippen LogP contribution in [0.1, 0.15) is 103 Å². The average molecular weight is 834 g/mol. The van der Waals surface area contributed by atoms with E-state index in [9.17, 15) is 35.4 Å². The Bertz CT molecular complexity index is 1610. The van der Waals surface area contributed by atoms with Crippen LogP contribution in [0.5, 0.6) is 0 Å². The highest BCUT2D eigenvalue weighted by atomic mass is 33.1. The lowest BCUT2D eigenvalue weighted by Crippen LogP contribution is -2.95. The number of piperidine rings is 1. The first-order chi connectivity index (χ1) is 27.5. The van der Waals surface area contributed by atoms with Crippen LogP contribution in [0.2, 0.25) is 0 Å². The Morgan fingerprint density at radius 2 is 1.72 bits per heavy atom. The van der Waals surface area contributed by atoms with E-state index in [-0.39, 0.29) is 59.5 Å². The molecule has 15 atom stereocenters. The van der Waals surface area contributed by atoms with Crippen LogP contribution in [0.15, 0.2) is 23.5 Å². The molecule has 0 radical (unpaired) electrons. The summed E-state index contributed by atoms with van der Waals surface area (Å²) in [5, 5.41) is 76.5. The van der Waals surface area contributed by atoms with Crippen molar-refractivity contribution >= 4 is 33.2 Å². The number of rotatable bonds is 4. The maximum Gasteiger partial charge on any atom is 0.187 e. The van der Waals surface area contributed by atoms with E-state index in [0.717, 1.165) is 76.3 Å². The number of quaternary nitrogens is 1. The van der Waals surface area contributed by atoms with Crippen LogP contribution in [-0.2, 0) is 19.1 Å². The molecule has 8 fully saturated rings. The maximum absolute atomic E-state index is 15.4. The number of fused-ring (bicyclic) bond motifs is 6. The molecule has 5 saturated carbocycles. The van der Waals surface area contributed by atoms with Crippen LogP contribution in [0.3, 0.4) is 0 Å². The fourth-order valence-electron chi connectivity index (χ4n) is 14.1. The molecule has 9 rings (SSSR count). The summed E-state index contributed by atoms with van der Waals surface area (Å²) in [5.74, 6) is -1.59. The fourth-order valence-corrected chi connectivity index (χ4v) is 16.5. The van der Waals surface area contributed by atoms with E-state index in [1.807, 2.05) is 6.08 Å². The smallest absolute Gasteiger partial charge is 0.187 e. The summed E-state index contributed by atoms with van der Waals surface area (Å²) in [4.78, 5) is 30.3. The topological polar surface area (TPSA) is 203 Å². The van der Waals surface area contributed by atoms with Gasteiger partial charge in [-0.05, 0) is 98.5 Å². The second kappa shape index (κ2) is 16.0. The summed E-state index contributed by atoms with van der Waals surface area (Å²) in [6, 6.07) is 0. The predicted molar refractivity (Wildman–Crippen MR) is 214 cm³/mol. The third-order valence-corrected chi connectivity index (χ3v) is 19.2. The molecule has 7 bridgehead atoms.